The lowest BCUT2D eigenvalue weighted by Gasteiger charge is -2.24. The highest BCUT2D eigenvalue weighted by atomic mass is 35.5. The zero-order valence-corrected chi connectivity index (χ0v) is 9.44. The normalized spacial score (nSPS) is 17.3. The van der Waals surface area contributed by atoms with Gasteiger partial charge >= 0.3 is 0 Å². The molecule has 0 radical (unpaired) electrons. The Morgan fingerprint density at radius 2 is 2.12 bits per heavy atom. The van der Waals surface area contributed by atoms with Gasteiger partial charge in [0.15, 0.2) is 6.29 Å². The molecular weight excluding hydrogens is 230 g/mol. The van der Waals surface area contributed by atoms with Crippen molar-refractivity contribution in [2.24, 2.45) is 0 Å². The van der Waals surface area contributed by atoms with E-state index in [1.54, 1.807) is 16.8 Å². The Kier molecular flexibility index (Phi) is 3.41. The smallest absolute Gasteiger partial charge is 0.262 e. The van der Waals surface area contributed by atoms with Gasteiger partial charge in [0.05, 0.1) is 10.6 Å². The summed E-state index contributed by atoms with van der Waals surface area (Å²) in [4.78, 5) is 22.7. The van der Waals surface area contributed by atoms with Gasteiger partial charge in [-0.15, -0.1) is 0 Å². The van der Waals surface area contributed by atoms with E-state index >= 15 is 0 Å². The average Bonchev–Trinajstić information content (AvgIpc) is 2.31. The largest absolute Gasteiger partial charge is 0.381 e. The predicted octanol–water partition coefficient (Wildman–Crippen LogP) is 1.67. The molecule has 0 amide bonds. The van der Waals surface area contributed by atoms with Crippen LogP contribution in [0.5, 0.6) is 0 Å². The van der Waals surface area contributed by atoms with Gasteiger partial charge < -0.3 is 9.30 Å². The fourth-order valence-corrected chi connectivity index (χ4v) is 2.08. The molecule has 0 N–H and O–H groups in total. The summed E-state index contributed by atoms with van der Waals surface area (Å²) >= 11 is 5.77. The Morgan fingerprint density at radius 1 is 1.44 bits per heavy atom. The Labute approximate surface area is 97.8 Å². The van der Waals surface area contributed by atoms with E-state index in [-0.39, 0.29) is 22.2 Å². The molecule has 0 aromatic carbocycles. The second-order valence-electron chi connectivity index (χ2n) is 3.75. The number of aromatic nitrogens is 1. The van der Waals surface area contributed by atoms with Crippen LogP contribution in [0.25, 0.3) is 0 Å². The Bertz CT molecular complexity index is 449. The Balaban J connectivity index is 2.41. The molecule has 1 aromatic rings. The van der Waals surface area contributed by atoms with Crippen LogP contribution in [0.3, 0.4) is 0 Å². The number of hydrogen-bond acceptors (Lipinski definition) is 3. The number of carbonyl (C=O) groups excluding carboxylic acids is 1. The third kappa shape index (κ3) is 2.03. The highest BCUT2D eigenvalue weighted by Gasteiger charge is 2.18. The lowest BCUT2D eigenvalue weighted by Crippen LogP contribution is -2.30. The quantitative estimate of drug-likeness (QED) is 0.740. The number of hydrogen-bond donors (Lipinski definition) is 0. The van der Waals surface area contributed by atoms with Gasteiger partial charge in [-0.1, -0.05) is 11.6 Å². The van der Waals surface area contributed by atoms with E-state index in [0.717, 1.165) is 12.8 Å². The molecule has 1 aliphatic heterocycles. The lowest BCUT2D eigenvalue weighted by atomic mass is 10.1. The topological polar surface area (TPSA) is 48.3 Å². The monoisotopic (exact) mass is 241 g/mol. The molecule has 0 atom stereocenters. The number of pyridine rings is 1. The molecule has 1 saturated heterocycles. The number of ether oxygens (including phenoxy) is 1. The van der Waals surface area contributed by atoms with Crippen molar-refractivity contribution in [1.29, 1.82) is 0 Å². The molecule has 2 rings (SSSR count). The van der Waals surface area contributed by atoms with Crippen molar-refractivity contribution in [2.45, 2.75) is 18.9 Å². The first-order valence-electron chi connectivity index (χ1n) is 5.17. The first-order chi connectivity index (χ1) is 7.74. The van der Waals surface area contributed by atoms with Crippen molar-refractivity contribution in [3.8, 4) is 0 Å². The maximum absolute atomic E-state index is 11.9. The molecule has 0 spiro atoms. The van der Waals surface area contributed by atoms with Crippen molar-refractivity contribution in [3.05, 3.63) is 33.2 Å². The molecule has 1 fully saturated rings. The minimum atomic E-state index is -0.311. The summed E-state index contributed by atoms with van der Waals surface area (Å²) in [5, 5.41) is 0.211. The fourth-order valence-electron chi connectivity index (χ4n) is 1.90. The van der Waals surface area contributed by atoms with Crippen LogP contribution in [0.4, 0.5) is 0 Å². The minimum Gasteiger partial charge on any atom is -0.381 e. The van der Waals surface area contributed by atoms with Crippen molar-refractivity contribution in [1.82, 2.24) is 4.57 Å². The molecule has 1 aliphatic rings. The summed E-state index contributed by atoms with van der Waals surface area (Å²) in [6.45, 7) is 1.30. The number of nitrogens with zero attached hydrogens (tertiary/aromatic N) is 1. The zero-order chi connectivity index (χ0) is 11.5. The summed E-state index contributed by atoms with van der Waals surface area (Å²) in [7, 11) is 0. The Morgan fingerprint density at radius 3 is 2.75 bits per heavy atom. The molecule has 86 valence electrons. The van der Waals surface area contributed by atoms with Gasteiger partial charge in [0.2, 0.25) is 0 Å². The van der Waals surface area contributed by atoms with Crippen LogP contribution in [0.2, 0.25) is 5.02 Å². The Hall–Kier alpha value is -1.13. The predicted molar refractivity (Wildman–Crippen MR) is 60.2 cm³/mol. The van der Waals surface area contributed by atoms with E-state index in [1.807, 2.05) is 0 Å². The van der Waals surface area contributed by atoms with Gasteiger partial charge in [-0.3, -0.25) is 9.59 Å². The maximum Gasteiger partial charge on any atom is 0.262 e. The van der Waals surface area contributed by atoms with Gasteiger partial charge in [0, 0.05) is 25.5 Å². The molecule has 0 aliphatic carbocycles. The van der Waals surface area contributed by atoms with E-state index in [0.29, 0.717) is 19.5 Å². The summed E-state index contributed by atoms with van der Waals surface area (Å²) in [6, 6.07) is 1.69. The van der Waals surface area contributed by atoms with Crippen LogP contribution in [-0.2, 0) is 4.74 Å². The van der Waals surface area contributed by atoms with E-state index in [4.69, 9.17) is 16.3 Å². The number of carbonyl (C=O) groups is 1. The first kappa shape index (κ1) is 11.4. The van der Waals surface area contributed by atoms with Gasteiger partial charge in [-0.2, -0.15) is 0 Å². The summed E-state index contributed by atoms with van der Waals surface area (Å²) in [6.07, 6.45) is 3.74. The third-order valence-corrected chi connectivity index (χ3v) is 3.14. The van der Waals surface area contributed by atoms with Crippen LogP contribution in [0.1, 0.15) is 29.2 Å². The molecule has 0 bridgehead atoms. The summed E-state index contributed by atoms with van der Waals surface area (Å²) in [5.41, 5.74) is -0.273. The first-order valence-corrected chi connectivity index (χ1v) is 5.55. The summed E-state index contributed by atoms with van der Waals surface area (Å²) < 4.78 is 6.81. The van der Waals surface area contributed by atoms with Crippen LogP contribution < -0.4 is 5.56 Å². The fraction of sp³-hybridized carbons (Fsp3) is 0.455. The van der Waals surface area contributed by atoms with Crippen molar-refractivity contribution < 1.29 is 9.53 Å². The number of aldehydes is 1. The van der Waals surface area contributed by atoms with Gasteiger partial charge in [0.1, 0.15) is 0 Å². The van der Waals surface area contributed by atoms with Crippen LogP contribution in [0, 0.1) is 0 Å². The third-order valence-electron chi connectivity index (χ3n) is 2.81. The van der Waals surface area contributed by atoms with Gasteiger partial charge in [-0.05, 0) is 18.9 Å². The molecule has 0 saturated carbocycles. The molecule has 2 heterocycles. The van der Waals surface area contributed by atoms with Gasteiger partial charge in [0.25, 0.3) is 5.56 Å². The van der Waals surface area contributed by atoms with E-state index in [9.17, 15) is 9.59 Å². The molecule has 4 nitrogen and oxygen atoms in total. The SMILES string of the molecule is O=Cc1c(Cl)ccn(C2CCOCC2)c1=O. The molecular formula is C11H12ClNO3. The minimum absolute atomic E-state index is 0.0376. The van der Waals surface area contributed by atoms with Crippen LogP contribution in [-0.4, -0.2) is 24.1 Å². The molecule has 5 heteroatoms. The molecule has 1 aromatic heterocycles. The lowest BCUT2D eigenvalue weighted by molar-refractivity contribution is 0.0686. The van der Waals surface area contributed by atoms with Gasteiger partial charge in [-0.25, -0.2) is 0 Å². The van der Waals surface area contributed by atoms with E-state index < -0.39 is 0 Å². The standard InChI is InChI=1S/C11H12ClNO3/c12-10-1-4-13(11(15)9(10)7-14)8-2-5-16-6-3-8/h1,4,7-8H,2-3,5-6H2. The van der Waals surface area contributed by atoms with Crippen LogP contribution >= 0.6 is 11.6 Å². The highest BCUT2D eigenvalue weighted by Crippen LogP contribution is 2.20. The zero-order valence-electron chi connectivity index (χ0n) is 8.69. The van der Waals surface area contributed by atoms with E-state index in [1.165, 1.54) is 0 Å². The van der Waals surface area contributed by atoms with Crippen molar-refractivity contribution >= 4 is 17.9 Å². The van der Waals surface area contributed by atoms with E-state index in [2.05, 4.69) is 0 Å². The number of halogens is 1. The van der Waals surface area contributed by atoms with Crippen LogP contribution in [0.15, 0.2) is 17.1 Å². The molecule has 16 heavy (non-hydrogen) atoms. The second-order valence-corrected chi connectivity index (χ2v) is 4.16. The molecule has 0 unspecified atom stereocenters. The summed E-state index contributed by atoms with van der Waals surface area (Å²) in [5.74, 6) is 0. The van der Waals surface area contributed by atoms with Crippen molar-refractivity contribution in [2.75, 3.05) is 13.2 Å². The van der Waals surface area contributed by atoms with Crippen molar-refractivity contribution in [3.63, 3.8) is 0 Å². The number of rotatable bonds is 2. The second kappa shape index (κ2) is 4.80. The highest BCUT2D eigenvalue weighted by molar-refractivity contribution is 6.32. The average molecular weight is 242 g/mol. The maximum atomic E-state index is 11.9.